The molecule has 6 heteroatoms. The van der Waals surface area contributed by atoms with Crippen LogP contribution in [-0.4, -0.2) is 6.04 Å². The highest BCUT2D eigenvalue weighted by Crippen LogP contribution is 2.27. The zero-order chi connectivity index (χ0) is 13.2. The Balaban J connectivity index is 3.30. The topological polar surface area (TPSA) is 12.0 Å². The highest BCUT2D eigenvalue weighted by molar-refractivity contribution is 5.49. The summed E-state index contributed by atoms with van der Waals surface area (Å²) in [7, 11) is 0. The summed E-state index contributed by atoms with van der Waals surface area (Å²) in [6.07, 6.45) is 5.29. The van der Waals surface area contributed by atoms with Crippen LogP contribution in [-0.2, 0) is 0 Å². The number of benzene rings is 1. The van der Waals surface area contributed by atoms with Crippen LogP contribution >= 0.6 is 0 Å². The molecule has 1 aromatic carbocycles. The molecule has 0 bridgehead atoms. The second kappa shape index (κ2) is 5.04. The number of halogens is 5. The van der Waals surface area contributed by atoms with Crippen molar-refractivity contribution in [2.24, 2.45) is 0 Å². The van der Waals surface area contributed by atoms with Gasteiger partial charge in [0.1, 0.15) is 5.69 Å². The third-order valence-corrected chi connectivity index (χ3v) is 2.14. The summed E-state index contributed by atoms with van der Waals surface area (Å²) in [6, 6.07) is -0.816. The van der Waals surface area contributed by atoms with Crippen molar-refractivity contribution in [3.8, 4) is 12.3 Å². The molecular weight excluding hydrogens is 241 g/mol. The van der Waals surface area contributed by atoms with E-state index in [1.165, 1.54) is 0 Å². The van der Waals surface area contributed by atoms with Gasteiger partial charge in [0, 0.05) is 0 Å². The zero-order valence-corrected chi connectivity index (χ0v) is 8.75. The Morgan fingerprint density at radius 3 is 1.76 bits per heavy atom. The molecule has 0 radical (unpaired) electrons. The molecular formula is C11H8F5N. The third-order valence-electron chi connectivity index (χ3n) is 2.14. The second-order valence-corrected chi connectivity index (χ2v) is 3.22. The SMILES string of the molecule is C#CC(CC)Nc1c(F)c(F)c(F)c(F)c1F. The summed E-state index contributed by atoms with van der Waals surface area (Å²) >= 11 is 0. The van der Waals surface area contributed by atoms with Crippen LogP contribution in [0.3, 0.4) is 0 Å². The highest BCUT2D eigenvalue weighted by Gasteiger charge is 2.26. The Bertz CT molecular complexity index is 449. The van der Waals surface area contributed by atoms with E-state index in [4.69, 9.17) is 6.42 Å². The van der Waals surface area contributed by atoms with Crippen LogP contribution in [0.1, 0.15) is 13.3 Å². The van der Waals surface area contributed by atoms with Crippen molar-refractivity contribution in [2.75, 3.05) is 5.32 Å². The average molecular weight is 249 g/mol. The molecule has 0 heterocycles. The van der Waals surface area contributed by atoms with Crippen LogP contribution in [0.4, 0.5) is 27.6 Å². The molecule has 0 aliphatic heterocycles. The van der Waals surface area contributed by atoms with Gasteiger partial charge in [-0.3, -0.25) is 0 Å². The summed E-state index contributed by atoms with van der Waals surface area (Å²) in [5.41, 5.74) is -1.11. The van der Waals surface area contributed by atoms with Crippen LogP contribution in [0.2, 0.25) is 0 Å². The lowest BCUT2D eigenvalue weighted by atomic mass is 10.2. The van der Waals surface area contributed by atoms with E-state index in [1.54, 1.807) is 6.92 Å². The van der Waals surface area contributed by atoms with Crippen LogP contribution in [0.15, 0.2) is 0 Å². The van der Waals surface area contributed by atoms with Gasteiger partial charge in [-0.15, -0.1) is 6.42 Å². The Morgan fingerprint density at radius 2 is 1.41 bits per heavy atom. The Hall–Kier alpha value is -1.77. The molecule has 1 N–H and O–H groups in total. The fraction of sp³-hybridized carbons (Fsp3) is 0.273. The van der Waals surface area contributed by atoms with Crippen LogP contribution in [0, 0.1) is 41.4 Å². The predicted molar refractivity (Wildman–Crippen MR) is 52.8 cm³/mol. The van der Waals surface area contributed by atoms with E-state index >= 15 is 0 Å². The first-order valence-electron chi connectivity index (χ1n) is 4.68. The van der Waals surface area contributed by atoms with Gasteiger partial charge in [-0.25, -0.2) is 22.0 Å². The van der Waals surface area contributed by atoms with Crippen molar-refractivity contribution in [2.45, 2.75) is 19.4 Å². The molecule has 1 atom stereocenters. The molecule has 0 saturated carbocycles. The maximum absolute atomic E-state index is 13.2. The molecule has 0 spiro atoms. The maximum Gasteiger partial charge on any atom is 0.200 e. The molecule has 1 aromatic rings. The summed E-state index contributed by atoms with van der Waals surface area (Å²) < 4.78 is 64.7. The minimum Gasteiger partial charge on any atom is -0.367 e. The van der Waals surface area contributed by atoms with Gasteiger partial charge in [-0.1, -0.05) is 12.8 Å². The summed E-state index contributed by atoms with van der Waals surface area (Å²) in [4.78, 5) is 0. The van der Waals surface area contributed by atoms with Crippen LogP contribution < -0.4 is 5.32 Å². The lowest BCUT2D eigenvalue weighted by molar-refractivity contribution is 0.381. The van der Waals surface area contributed by atoms with E-state index in [9.17, 15) is 22.0 Å². The average Bonchev–Trinajstić information content (AvgIpc) is 2.34. The lowest BCUT2D eigenvalue weighted by Crippen LogP contribution is -2.19. The van der Waals surface area contributed by atoms with Gasteiger partial charge in [0.2, 0.25) is 5.82 Å². The van der Waals surface area contributed by atoms with Crippen molar-refractivity contribution in [1.29, 1.82) is 0 Å². The second-order valence-electron chi connectivity index (χ2n) is 3.22. The van der Waals surface area contributed by atoms with E-state index < -0.39 is 40.8 Å². The normalized spacial score (nSPS) is 12.1. The van der Waals surface area contributed by atoms with Gasteiger partial charge in [-0.05, 0) is 6.42 Å². The number of rotatable bonds is 3. The number of hydrogen-bond donors (Lipinski definition) is 1. The number of hydrogen-bond acceptors (Lipinski definition) is 1. The fourth-order valence-corrected chi connectivity index (χ4v) is 1.17. The summed E-state index contributed by atoms with van der Waals surface area (Å²) in [5, 5.41) is 2.09. The Labute approximate surface area is 94.6 Å². The Kier molecular flexibility index (Phi) is 3.94. The summed E-state index contributed by atoms with van der Waals surface area (Å²) in [6.45, 7) is 1.60. The third kappa shape index (κ3) is 2.33. The standard InChI is InChI=1S/C11H8F5N/c1-3-5(4-2)17-11-9(15)7(13)6(12)8(14)10(11)16/h1,5,17H,4H2,2H3. The molecule has 17 heavy (non-hydrogen) atoms. The number of nitrogens with one attached hydrogen (secondary N) is 1. The van der Waals surface area contributed by atoms with Crippen LogP contribution in [0.25, 0.3) is 0 Å². The van der Waals surface area contributed by atoms with E-state index in [-0.39, 0.29) is 6.42 Å². The quantitative estimate of drug-likeness (QED) is 0.375. The number of anilines is 1. The van der Waals surface area contributed by atoms with Crippen molar-refractivity contribution in [1.82, 2.24) is 0 Å². The van der Waals surface area contributed by atoms with Gasteiger partial charge in [0.25, 0.3) is 0 Å². The van der Waals surface area contributed by atoms with Crippen LogP contribution in [0.5, 0.6) is 0 Å². The Morgan fingerprint density at radius 1 is 1.00 bits per heavy atom. The first-order valence-corrected chi connectivity index (χ1v) is 4.68. The molecule has 0 aromatic heterocycles. The van der Waals surface area contributed by atoms with Crippen molar-refractivity contribution in [3.63, 3.8) is 0 Å². The summed E-state index contributed by atoms with van der Waals surface area (Å²) in [5.74, 6) is -7.92. The smallest absolute Gasteiger partial charge is 0.200 e. The van der Waals surface area contributed by atoms with E-state index in [0.29, 0.717) is 0 Å². The van der Waals surface area contributed by atoms with Gasteiger partial charge < -0.3 is 5.32 Å². The van der Waals surface area contributed by atoms with E-state index in [1.807, 2.05) is 0 Å². The maximum atomic E-state index is 13.2. The van der Waals surface area contributed by atoms with Gasteiger partial charge >= 0.3 is 0 Å². The van der Waals surface area contributed by atoms with E-state index in [2.05, 4.69) is 11.2 Å². The monoisotopic (exact) mass is 249 g/mol. The van der Waals surface area contributed by atoms with E-state index in [0.717, 1.165) is 0 Å². The molecule has 92 valence electrons. The predicted octanol–water partition coefficient (Wildman–Crippen LogP) is 3.21. The van der Waals surface area contributed by atoms with Crippen molar-refractivity contribution in [3.05, 3.63) is 29.1 Å². The lowest BCUT2D eigenvalue weighted by Gasteiger charge is -2.14. The van der Waals surface area contributed by atoms with Gasteiger partial charge in [-0.2, -0.15) is 0 Å². The van der Waals surface area contributed by atoms with Gasteiger partial charge in [0.15, 0.2) is 23.3 Å². The number of terminal acetylenes is 1. The molecule has 0 aliphatic rings. The molecule has 0 fully saturated rings. The van der Waals surface area contributed by atoms with Crippen molar-refractivity contribution < 1.29 is 22.0 Å². The molecule has 0 saturated heterocycles. The zero-order valence-electron chi connectivity index (χ0n) is 8.75. The molecule has 0 amide bonds. The molecule has 1 rings (SSSR count). The van der Waals surface area contributed by atoms with Crippen molar-refractivity contribution >= 4 is 5.69 Å². The first-order chi connectivity index (χ1) is 7.93. The molecule has 0 aliphatic carbocycles. The largest absolute Gasteiger partial charge is 0.367 e. The highest BCUT2D eigenvalue weighted by atomic mass is 19.2. The molecule has 1 nitrogen and oxygen atoms in total. The van der Waals surface area contributed by atoms with Gasteiger partial charge in [0.05, 0.1) is 6.04 Å². The molecule has 1 unspecified atom stereocenters. The fourth-order valence-electron chi connectivity index (χ4n) is 1.17. The first kappa shape index (κ1) is 13.3. The minimum atomic E-state index is -2.20. The minimum absolute atomic E-state index is 0.274.